The molecule has 0 spiro atoms. The zero-order valence-corrected chi connectivity index (χ0v) is 9.54. The SMILES string of the molecule is NCC(=O)OC(OC(=O)CN)c1ccccc1O. The first-order valence-electron chi connectivity index (χ1n) is 5.15. The Kier molecular flexibility index (Phi) is 5.09. The molecule has 0 saturated heterocycles. The van der Waals surface area contributed by atoms with Crippen LogP contribution in [0.3, 0.4) is 0 Å². The van der Waals surface area contributed by atoms with Crippen molar-refractivity contribution in [2.45, 2.75) is 6.29 Å². The van der Waals surface area contributed by atoms with Crippen LogP contribution in [0.4, 0.5) is 0 Å². The van der Waals surface area contributed by atoms with Crippen LogP contribution in [0.15, 0.2) is 24.3 Å². The molecule has 0 unspecified atom stereocenters. The van der Waals surface area contributed by atoms with Gasteiger partial charge in [-0.2, -0.15) is 0 Å². The second-order valence-corrected chi connectivity index (χ2v) is 3.28. The molecule has 18 heavy (non-hydrogen) atoms. The summed E-state index contributed by atoms with van der Waals surface area (Å²) < 4.78 is 9.63. The Morgan fingerprint density at radius 1 is 1.11 bits per heavy atom. The Balaban J connectivity index is 2.93. The smallest absolute Gasteiger partial charge is 0.323 e. The van der Waals surface area contributed by atoms with Gasteiger partial charge in [-0.3, -0.25) is 9.59 Å². The van der Waals surface area contributed by atoms with E-state index in [0.717, 1.165) is 0 Å². The highest BCUT2D eigenvalue weighted by atomic mass is 16.7. The van der Waals surface area contributed by atoms with Crippen molar-refractivity contribution < 1.29 is 24.2 Å². The van der Waals surface area contributed by atoms with Gasteiger partial charge in [0.15, 0.2) is 0 Å². The van der Waals surface area contributed by atoms with Gasteiger partial charge in [0.05, 0.1) is 18.7 Å². The Morgan fingerprint density at radius 3 is 2.06 bits per heavy atom. The maximum Gasteiger partial charge on any atom is 0.323 e. The zero-order chi connectivity index (χ0) is 13.5. The van der Waals surface area contributed by atoms with E-state index in [0.29, 0.717) is 0 Å². The average molecular weight is 254 g/mol. The van der Waals surface area contributed by atoms with E-state index < -0.39 is 18.2 Å². The van der Waals surface area contributed by atoms with Crippen molar-refractivity contribution in [1.82, 2.24) is 0 Å². The fourth-order valence-corrected chi connectivity index (χ4v) is 1.17. The highest BCUT2D eigenvalue weighted by Gasteiger charge is 2.22. The molecule has 0 aliphatic rings. The summed E-state index contributed by atoms with van der Waals surface area (Å²) in [7, 11) is 0. The van der Waals surface area contributed by atoms with Gasteiger partial charge in [-0.25, -0.2) is 0 Å². The lowest BCUT2D eigenvalue weighted by atomic mass is 10.2. The Hall–Kier alpha value is -2.12. The molecule has 1 aromatic carbocycles. The molecule has 7 nitrogen and oxygen atoms in total. The lowest BCUT2D eigenvalue weighted by molar-refractivity contribution is -0.187. The molecule has 0 heterocycles. The number of esters is 2. The number of phenolic OH excluding ortho intramolecular Hbond substituents is 1. The van der Waals surface area contributed by atoms with E-state index in [1.54, 1.807) is 12.1 Å². The van der Waals surface area contributed by atoms with Gasteiger partial charge >= 0.3 is 11.9 Å². The lowest BCUT2D eigenvalue weighted by Gasteiger charge is -2.18. The molecule has 0 radical (unpaired) electrons. The predicted molar refractivity (Wildman–Crippen MR) is 61.1 cm³/mol. The van der Waals surface area contributed by atoms with Gasteiger partial charge in [0.2, 0.25) is 0 Å². The van der Waals surface area contributed by atoms with Crippen LogP contribution in [0.5, 0.6) is 5.75 Å². The summed E-state index contributed by atoms with van der Waals surface area (Å²) in [6, 6.07) is 5.99. The van der Waals surface area contributed by atoms with Gasteiger partial charge < -0.3 is 26.0 Å². The molecular formula is C11H14N2O5. The van der Waals surface area contributed by atoms with Crippen molar-refractivity contribution in [3.63, 3.8) is 0 Å². The van der Waals surface area contributed by atoms with Gasteiger partial charge in [0, 0.05) is 0 Å². The summed E-state index contributed by atoms with van der Waals surface area (Å²) in [5.41, 5.74) is 10.3. The number of benzene rings is 1. The maximum absolute atomic E-state index is 11.1. The van der Waals surface area contributed by atoms with Crippen molar-refractivity contribution in [2.24, 2.45) is 11.5 Å². The Labute approximate surface area is 103 Å². The monoisotopic (exact) mass is 254 g/mol. The van der Waals surface area contributed by atoms with Gasteiger partial charge in [-0.05, 0) is 12.1 Å². The normalized spacial score (nSPS) is 10.2. The summed E-state index contributed by atoms with van der Waals surface area (Å²) in [6.45, 7) is -0.742. The van der Waals surface area contributed by atoms with E-state index in [4.69, 9.17) is 20.9 Å². The molecule has 98 valence electrons. The molecule has 0 fully saturated rings. The van der Waals surface area contributed by atoms with Crippen LogP contribution in [0.25, 0.3) is 0 Å². The molecule has 0 saturated carbocycles. The van der Waals surface area contributed by atoms with Crippen LogP contribution in [-0.2, 0) is 19.1 Å². The number of hydrogen-bond acceptors (Lipinski definition) is 7. The van der Waals surface area contributed by atoms with E-state index in [2.05, 4.69) is 0 Å². The van der Waals surface area contributed by atoms with Crippen molar-refractivity contribution in [3.8, 4) is 5.75 Å². The summed E-state index contributed by atoms with van der Waals surface area (Å²) in [4.78, 5) is 22.3. The number of carbonyl (C=O) groups is 2. The van der Waals surface area contributed by atoms with Crippen molar-refractivity contribution in [1.29, 1.82) is 0 Å². The summed E-state index contributed by atoms with van der Waals surface area (Å²) in [5, 5.41) is 9.61. The van der Waals surface area contributed by atoms with E-state index >= 15 is 0 Å². The number of phenols is 1. The van der Waals surface area contributed by atoms with Crippen LogP contribution in [0.2, 0.25) is 0 Å². The van der Waals surface area contributed by atoms with Crippen LogP contribution in [-0.4, -0.2) is 30.1 Å². The molecule has 0 atom stereocenters. The third kappa shape index (κ3) is 3.72. The third-order valence-electron chi connectivity index (χ3n) is 2.00. The highest BCUT2D eigenvalue weighted by Crippen LogP contribution is 2.27. The number of hydrogen-bond donors (Lipinski definition) is 3. The molecule has 7 heteroatoms. The molecule has 0 amide bonds. The van der Waals surface area contributed by atoms with Gasteiger partial charge in [-0.1, -0.05) is 12.1 Å². The first-order chi connectivity index (χ1) is 8.58. The van der Waals surface area contributed by atoms with Crippen LogP contribution < -0.4 is 11.5 Å². The van der Waals surface area contributed by atoms with E-state index in [-0.39, 0.29) is 24.4 Å². The molecule has 5 N–H and O–H groups in total. The van der Waals surface area contributed by atoms with Crippen molar-refractivity contribution >= 4 is 11.9 Å². The van der Waals surface area contributed by atoms with Gasteiger partial charge in [0.1, 0.15) is 5.75 Å². The molecule has 0 aliphatic heterocycles. The number of aromatic hydroxyl groups is 1. The molecule has 0 aliphatic carbocycles. The largest absolute Gasteiger partial charge is 0.507 e. The van der Waals surface area contributed by atoms with Crippen LogP contribution in [0.1, 0.15) is 11.9 Å². The molecular weight excluding hydrogens is 240 g/mol. The number of nitrogens with two attached hydrogens (primary N) is 2. The summed E-state index contributed by atoms with van der Waals surface area (Å²) in [5.74, 6) is -1.71. The quantitative estimate of drug-likeness (QED) is 0.473. The summed E-state index contributed by atoms with van der Waals surface area (Å²) in [6.07, 6.45) is -1.36. The molecule has 0 bridgehead atoms. The predicted octanol–water partition coefficient (Wildman–Crippen LogP) is -0.605. The topological polar surface area (TPSA) is 125 Å². The van der Waals surface area contributed by atoms with E-state index in [1.165, 1.54) is 12.1 Å². The molecule has 0 aromatic heterocycles. The first kappa shape index (κ1) is 13.9. The number of rotatable bonds is 5. The molecule has 1 rings (SSSR count). The van der Waals surface area contributed by atoms with Crippen LogP contribution >= 0.6 is 0 Å². The van der Waals surface area contributed by atoms with Crippen molar-refractivity contribution in [2.75, 3.05) is 13.1 Å². The minimum Gasteiger partial charge on any atom is -0.507 e. The number of ether oxygens (including phenoxy) is 2. The number of para-hydroxylation sites is 1. The zero-order valence-electron chi connectivity index (χ0n) is 9.54. The Morgan fingerprint density at radius 2 is 1.61 bits per heavy atom. The standard InChI is InChI=1S/C11H14N2O5/c12-5-9(15)17-11(18-10(16)6-13)7-3-1-2-4-8(7)14/h1-4,11,14H,5-6,12-13H2. The minimum absolute atomic E-state index is 0.140. The molecule has 1 aromatic rings. The average Bonchev–Trinajstić information content (AvgIpc) is 2.38. The van der Waals surface area contributed by atoms with E-state index in [1.807, 2.05) is 0 Å². The first-order valence-corrected chi connectivity index (χ1v) is 5.15. The van der Waals surface area contributed by atoms with Crippen LogP contribution in [0, 0.1) is 0 Å². The third-order valence-corrected chi connectivity index (χ3v) is 2.00. The fourth-order valence-electron chi connectivity index (χ4n) is 1.17. The summed E-state index contributed by atoms with van der Waals surface area (Å²) >= 11 is 0. The lowest BCUT2D eigenvalue weighted by Crippen LogP contribution is -2.25. The van der Waals surface area contributed by atoms with Crippen molar-refractivity contribution in [3.05, 3.63) is 29.8 Å². The highest BCUT2D eigenvalue weighted by molar-refractivity contribution is 5.73. The second kappa shape index (κ2) is 6.58. The van der Waals surface area contributed by atoms with Gasteiger partial charge in [0.25, 0.3) is 6.29 Å². The van der Waals surface area contributed by atoms with E-state index in [9.17, 15) is 14.7 Å². The fraction of sp³-hybridized carbons (Fsp3) is 0.273. The minimum atomic E-state index is -1.36. The second-order valence-electron chi connectivity index (χ2n) is 3.28. The Bertz CT molecular complexity index is 417. The number of carbonyl (C=O) groups excluding carboxylic acids is 2. The van der Waals surface area contributed by atoms with Gasteiger partial charge in [-0.15, -0.1) is 0 Å². The maximum atomic E-state index is 11.1.